The Bertz CT molecular complexity index is 965. The molecule has 0 amide bonds. The van der Waals surface area contributed by atoms with Crippen LogP contribution in [-0.4, -0.2) is 33.2 Å². The molecule has 27 heavy (non-hydrogen) atoms. The van der Waals surface area contributed by atoms with Gasteiger partial charge in [0.2, 0.25) is 5.72 Å². The zero-order valence-corrected chi connectivity index (χ0v) is 17.0. The summed E-state index contributed by atoms with van der Waals surface area (Å²) in [6, 6.07) is 8.09. The summed E-state index contributed by atoms with van der Waals surface area (Å²) in [6.45, 7) is 8.72. The predicted molar refractivity (Wildman–Crippen MR) is 108 cm³/mol. The van der Waals surface area contributed by atoms with Crippen LogP contribution in [0.1, 0.15) is 30.5 Å². The van der Waals surface area contributed by atoms with Gasteiger partial charge in [0.1, 0.15) is 11.4 Å². The summed E-state index contributed by atoms with van der Waals surface area (Å²) in [5.41, 5.74) is 4.68. The van der Waals surface area contributed by atoms with E-state index in [-0.39, 0.29) is 5.41 Å². The monoisotopic (exact) mass is 366 g/mol. The molecule has 2 aromatic carbocycles. The number of ether oxygens (including phenoxy) is 3. The van der Waals surface area contributed by atoms with Gasteiger partial charge in [-0.05, 0) is 44.4 Å². The molecule has 2 aliphatic rings. The van der Waals surface area contributed by atoms with E-state index in [9.17, 15) is 0 Å². The maximum absolute atomic E-state index is 6.69. The van der Waals surface area contributed by atoms with Crippen LogP contribution in [0.2, 0.25) is 0 Å². The number of aryl methyl sites for hydroxylation is 1. The van der Waals surface area contributed by atoms with Crippen LogP contribution < -0.4 is 19.1 Å². The lowest BCUT2D eigenvalue weighted by molar-refractivity contribution is 0.0818. The summed E-state index contributed by atoms with van der Waals surface area (Å²) in [5.74, 6) is 1.98. The molecule has 2 aliphatic heterocycles. The molecule has 0 aliphatic carbocycles. The van der Waals surface area contributed by atoms with Crippen molar-refractivity contribution in [2.75, 3.05) is 26.2 Å². The van der Waals surface area contributed by atoms with E-state index in [4.69, 9.17) is 19.2 Å². The summed E-state index contributed by atoms with van der Waals surface area (Å²) in [7, 11) is 5.34. The van der Waals surface area contributed by atoms with Gasteiger partial charge < -0.3 is 19.1 Å². The highest BCUT2D eigenvalue weighted by molar-refractivity contribution is 5.90. The van der Waals surface area contributed by atoms with Crippen molar-refractivity contribution in [1.29, 1.82) is 0 Å². The van der Waals surface area contributed by atoms with Crippen LogP contribution in [0, 0.1) is 13.8 Å². The van der Waals surface area contributed by atoms with E-state index in [0.29, 0.717) is 22.9 Å². The number of anilines is 1. The largest absolute Gasteiger partial charge is 0.496 e. The maximum atomic E-state index is 6.69. The zero-order valence-electron chi connectivity index (χ0n) is 17.0. The van der Waals surface area contributed by atoms with Crippen molar-refractivity contribution < 1.29 is 14.2 Å². The van der Waals surface area contributed by atoms with Crippen molar-refractivity contribution in [2.24, 2.45) is 4.99 Å². The summed E-state index contributed by atoms with van der Waals surface area (Å²) >= 11 is 0. The number of rotatable bonds is 2. The summed E-state index contributed by atoms with van der Waals surface area (Å²) in [4.78, 5) is 6.99. The van der Waals surface area contributed by atoms with Crippen LogP contribution >= 0.6 is 0 Å². The summed E-state index contributed by atoms with van der Waals surface area (Å²) < 4.78 is 17.6. The number of likely N-dealkylation sites (N-methyl/N-ethyl adjacent to an activating group) is 1. The quantitative estimate of drug-likeness (QED) is 0.783. The Hall–Kier alpha value is -2.69. The molecule has 5 nitrogen and oxygen atoms in total. The third-order valence-electron chi connectivity index (χ3n) is 6.21. The van der Waals surface area contributed by atoms with Crippen LogP contribution in [0.5, 0.6) is 17.2 Å². The fourth-order valence-corrected chi connectivity index (χ4v) is 4.34. The molecule has 142 valence electrons. The lowest BCUT2D eigenvalue weighted by Crippen LogP contribution is -2.61. The molecule has 5 heteroatoms. The number of methoxy groups -OCH3 is 2. The molecule has 1 atom stereocenters. The van der Waals surface area contributed by atoms with E-state index in [1.807, 2.05) is 18.3 Å². The van der Waals surface area contributed by atoms with Gasteiger partial charge in [-0.15, -0.1) is 0 Å². The van der Waals surface area contributed by atoms with Crippen LogP contribution in [-0.2, 0) is 5.41 Å². The molecule has 0 fully saturated rings. The molecule has 1 spiro atoms. The first-order valence-corrected chi connectivity index (χ1v) is 9.11. The Morgan fingerprint density at radius 3 is 2.48 bits per heavy atom. The van der Waals surface area contributed by atoms with Crippen molar-refractivity contribution in [3.05, 3.63) is 41.0 Å². The Morgan fingerprint density at radius 2 is 1.81 bits per heavy atom. The fourth-order valence-electron chi connectivity index (χ4n) is 4.34. The van der Waals surface area contributed by atoms with E-state index in [0.717, 1.165) is 0 Å². The standard InChI is InChI=1S/C22H26N2O3/c1-13-8-9-16-20(14(13)2)24(5)22(21(16,3)4)12-23-19-17(26-7)10-15(25-6)11-18(19)27-22/h8-12H,1-7H3. The molecule has 1 unspecified atom stereocenters. The average molecular weight is 366 g/mol. The van der Waals surface area contributed by atoms with E-state index in [2.05, 4.69) is 51.8 Å². The van der Waals surface area contributed by atoms with Gasteiger partial charge in [-0.25, -0.2) is 4.99 Å². The summed E-state index contributed by atoms with van der Waals surface area (Å²) in [5, 5.41) is 0. The highest BCUT2D eigenvalue weighted by Gasteiger charge is 2.59. The Kier molecular flexibility index (Phi) is 3.71. The van der Waals surface area contributed by atoms with Gasteiger partial charge >= 0.3 is 0 Å². The first kappa shape index (κ1) is 17.7. The van der Waals surface area contributed by atoms with Crippen LogP contribution in [0.15, 0.2) is 29.3 Å². The zero-order chi connectivity index (χ0) is 19.6. The first-order chi connectivity index (χ1) is 12.8. The lowest BCUT2D eigenvalue weighted by Gasteiger charge is -2.45. The molecular weight excluding hydrogens is 340 g/mol. The number of hydrogen-bond donors (Lipinski definition) is 0. The number of fused-ring (bicyclic) bond motifs is 2. The third-order valence-corrected chi connectivity index (χ3v) is 6.21. The number of aliphatic imine (C=N–C) groups is 1. The van der Waals surface area contributed by atoms with Crippen molar-refractivity contribution in [3.63, 3.8) is 0 Å². The Labute approximate surface area is 160 Å². The van der Waals surface area contributed by atoms with Crippen molar-refractivity contribution in [3.8, 4) is 17.2 Å². The normalized spacial score (nSPS) is 21.7. The molecule has 0 aromatic heterocycles. The molecule has 0 saturated heterocycles. The van der Waals surface area contributed by atoms with E-state index >= 15 is 0 Å². The highest BCUT2D eigenvalue weighted by Crippen LogP contribution is 2.56. The smallest absolute Gasteiger partial charge is 0.228 e. The van der Waals surface area contributed by atoms with Crippen molar-refractivity contribution in [1.82, 2.24) is 0 Å². The second-order valence-electron chi connectivity index (χ2n) is 7.82. The topological polar surface area (TPSA) is 43.3 Å². The van der Waals surface area contributed by atoms with Crippen LogP contribution in [0.3, 0.4) is 0 Å². The molecule has 2 aromatic rings. The van der Waals surface area contributed by atoms with Crippen molar-refractivity contribution in [2.45, 2.75) is 38.8 Å². The van der Waals surface area contributed by atoms with E-state index < -0.39 is 5.72 Å². The molecule has 0 saturated carbocycles. The molecule has 0 radical (unpaired) electrons. The van der Waals surface area contributed by atoms with Gasteiger partial charge in [-0.2, -0.15) is 0 Å². The minimum Gasteiger partial charge on any atom is -0.496 e. The second-order valence-corrected chi connectivity index (χ2v) is 7.82. The van der Waals surface area contributed by atoms with E-state index in [1.54, 1.807) is 14.2 Å². The third kappa shape index (κ3) is 2.14. The Balaban J connectivity index is 1.91. The van der Waals surface area contributed by atoms with Crippen LogP contribution in [0.4, 0.5) is 11.4 Å². The average Bonchev–Trinajstić information content (AvgIpc) is 2.82. The number of benzene rings is 2. The molecule has 2 heterocycles. The number of hydrogen-bond acceptors (Lipinski definition) is 5. The molecular formula is C22H26N2O3. The minimum absolute atomic E-state index is 0.299. The van der Waals surface area contributed by atoms with Gasteiger partial charge in [0.05, 0.1) is 25.8 Å². The summed E-state index contributed by atoms with van der Waals surface area (Å²) in [6.07, 6.45) is 1.92. The van der Waals surface area contributed by atoms with Gasteiger partial charge in [-0.1, -0.05) is 12.1 Å². The maximum Gasteiger partial charge on any atom is 0.228 e. The molecule has 4 rings (SSSR count). The van der Waals surface area contributed by atoms with Crippen molar-refractivity contribution >= 4 is 17.6 Å². The van der Waals surface area contributed by atoms with Gasteiger partial charge in [0.25, 0.3) is 0 Å². The highest BCUT2D eigenvalue weighted by atomic mass is 16.5. The van der Waals surface area contributed by atoms with Gasteiger partial charge in [-0.3, -0.25) is 0 Å². The minimum atomic E-state index is -0.724. The second kappa shape index (κ2) is 5.65. The fraction of sp³-hybridized carbons (Fsp3) is 0.409. The molecule has 0 bridgehead atoms. The lowest BCUT2D eigenvalue weighted by atomic mass is 9.77. The van der Waals surface area contributed by atoms with E-state index in [1.165, 1.54) is 22.4 Å². The Morgan fingerprint density at radius 1 is 1.07 bits per heavy atom. The molecule has 0 N–H and O–H groups in total. The van der Waals surface area contributed by atoms with Gasteiger partial charge in [0.15, 0.2) is 11.5 Å². The van der Waals surface area contributed by atoms with Crippen LogP contribution in [0.25, 0.3) is 0 Å². The predicted octanol–water partition coefficient (Wildman–Crippen LogP) is 4.54. The SMILES string of the molecule is COc1cc(OC)c2c(c1)OC1(C=N2)N(C)c2c(ccc(C)c2C)C1(C)C. The number of nitrogens with zero attached hydrogens (tertiary/aromatic N) is 2. The first-order valence-electron chi connectivity index (χ1n) is 9.11. The van der Waals surface area contributed by atoms with Gasteiger partial charge in [0, 0.05) is 24.9 Å².